The van der Waals surface area contributed by atoms with E-state index < -0.39 is 0 Å². The van der Waals surface area contributed by atoms with Crippen molar-refractivity contribution in [2.75, 3.05) is 18.9 Å². The van der Waals surface area contributed by atoms with Gasteiger partial charge in [0, 0.05) is 31.2 Å². The Bertz CT molecular complexity index is 652. The van der Waals surface area contributed by atoms with Crippen LogP contribution in [0.2, 0.25) is 0 Å². The van der Waals surface area contributed by atoms with Crippen molar-refractivity contribution in [1.82, 2.24) is 10.2 Å². The van der Waals surface area contributed by atoms with E-state index in [1.807, 2.05) is 32.0 Å². The molecule has 0 aromatic heterocycles. The summed E-state index contributed by atoms with van der Waals surface area (Å²) in [4.78, 5) is 26.3. The number of hydrogen-bond donors (Lipinski definition) is 2. The van der Waals surface area contributed by atoms with E-state index in [0.717, 1.165) is 29.7 Å². The number of hydrogen-bond acceptors (Lipinski definition) is 3. The molecule has 26 heavy (non-hydrogen) atoms. The van der Waals surface area contributed by atoms with Gasteiger partial charge < -0.3 is 15.5 Å². The topological polar surface area (TPSA) is 61.4 Å². The number of benzene rings is 1. The minimum absolute atomic E-state index is 0. The molecule has 2 atom stereocenters. The summed E-state index contributed by atoms with van der Waals surface area (Å²) >= 11 is 0. The molecule has 144 valence electrons. The molecule has 2 aliphatic heterocycles. The fourth-order valence-electron chi connectivity index (χ4n) is 4.12. The third-order valence-electron chi connectivity index (χ3n) is 5.72. The Morgan fingerprint density at radius 2 is 1.85 bits per heavy atom. The second-order valence-corrected chi connectivity index (χ2v) is 7.72. The number of piperidine rings is 1. The average molecular weight is 380 g/mol. The van der Waals surface area contributed by atoms with Crippen molar-refractivity contribution in [2.24, 2.45) is 5.92 Å². The molecular weight excluding hydrogens is 350 g/mol. The van der Waals surface area contributed by atoms with Crippen LogP contribution in [0.25, 0.3) is 0 Å². The monoisotopic (exact) mass is 379 g/mol. The van der Waals surface area contributed by atoms with Gasteiger partial charge in [0.25, 0.3) is 0 Å². The molecule has 2 aliphatic rings. The van der Waals surface area contributed by atoms with Crippen molar-refractivity contribution in [2.45, 2.75) is 58.0 Å². The van der Waals surface area contributed by atoms with Gasteiger partial charge >= 0.3 is 0 Å². The fraction of sp³-hybridized carbons (Fsp3) is 0.600. The first kappa shape index (κ1) is 20.7. The second-order valence-electron chi connectivity index (χ2n) is 7.72. The minimum Gasteiger partial charge on any atom is -0.336 e. The van der Waals surface area contributed by atoms with Crippen molar-refractivity contribution in [1.29, 1.82) is 0 Å². The zero-order valence-corrected chi connectivity index (χ0v) is 16.7. The molecular formula is C20H30ClN3O2. The van der Waals surface area contributed by atoms with Gasteiger partial charge in [-0.3, -0.25) is 9.59 Å². The van der Waals surface area contributed by atoms with Crippen LogP contribution in [-0.4, -0.2) is 42.4 Å². The Morgan fingerprint density at radius 3 is 2.50 bits per heavy atom. The lowest BCUT2D eigenvalue weighted by molar-refractivity contribution is -0.134. The van der Waals surface area contributed by atoms with Gasteiger partial charge in [-0.2, -0.15) is 0 Å². The Labute approximate surface area is 162 Å². The molecule has 0 radical (unpaired) electrons. The van der Waals surface area contributed by atoms with Gasteiger partial charge in [-0.1, -0.05) is 12.1 Å². The van der Waals surface area contributed by atoms with E-state index in [2.05, 4.69) is 10.6 Å². The van der Waals surface area contributed by atoms with Crippen molar-refractivity contribution in [3.63, 3.8) is 0 Å². The lowest BCUT2D eigenvalue weighted by atomic mass is 9.89. The van der Waals surface area contributed by atoms with Gasteiger partial charge in [0.05, 0.1) is 6.54 Å². The number of carbonyl (C=O) groups excluding carboxylic acids is 2. The van der Waals surface area contributed by atoms with E-state index in [9.17, 15) is 9.59 Å². The number of fused-ring (bicyclic) bond motifs is 2. The molecule has 3 rings (SSSR count). The van der Waals surface area contributed by atoms with Crippen LogP contribution in [0.4, 0.5) is 5.69 Å². The quantitative estimate of drug-likeness (QED) is 0.826. The number of rotatable bonds is 5. The number of nitrogens with zero attached hydrogens (tertiary/aromatic N) is 1. The lowest BCUT2D eigenvalue weighted by Crippen LogP contribution is -2.41. The molecule has 1 aromatic rings. The summed E-state index contributed by atoms with van der Waals surface area (Å²) in [5.41, 5.74) is 3.03. The summed E-state index contributed by atoms with van der Waals surface area (Å²) in [6.07, 6.45) is 5.21. The van der Waals surface area contributed by atoms with Crippen molar-refractivity contribution in [3.8, 4) is 0 Å². The number of nitrogens with one attached hydrogen (secondary N) is 2. The molecule has 5 nitrogen and oxygen atoms in total. The third-order valence-corrected chi connectivity index (χ3v) is 5.72. The standard InChI is InChI=1S/C20H29N3O2.ClH/c1-13-5-4-6-18(14(13)2)22-19(24)12-23(3)20(25)11-15-9-16-7-8-17(10-15)21-16;/h4-6,15-17,21H,7-12H2,1-3H3,(H,22,24);1H. The highest BCUT2D eigenvalue weighted by atomic mass is 35.5. The van der Waals surface area contributed by atoms with E-state index in [-0.39, 0.29) is 30.8 Å². The highest BCUT2D eigenvalue weighted by Crippen LogP contribution is 2.32. The maximum absolute atomic E-state index is 12.5. The molecule has 0 saturated carbocycles. The van der Waals surface area contributed by atoms with Crippen LogP contribution < -0.4 is 10.6 Å². The summed E-state index contributed by atoms with van der Waals surface area (Å²) in [5, 5.41) is 6.52. The van der Waals surface area contributed by atoms with Crippen LogP contribution in [0, 0.1) is 19.8 Å². The molecule has 2 N–H and O–H groups in total. The number of anilines is 1. The SMILES string of the molecule is Cc1cccc(NC(=O)CN(C)C(=O)CC2CC3CCC(C2)N3)c1C.Cl. The van der Waals surface area contributed by atoms with Crippen LogP contribution in [0.5, 0.6) is 0 Å². The zero-order valence-electron chi connectivity index (χ0n) is 15.9. The largest absolute Gasteiger partial charge is 0.336 e. The molecule has 2 heterocycles. The van der Waals surface area contributed by atoms with Crippen LogP contribution in [-0.2, 0) is 9.59 Å². The molecule has 0 aliphatic carbocycles. The first-order valence-corrected chi connectivity index (χ1v) is 9.28. The Balaban J connectivity index is 0.00000243. The van der Waals surface area contributed by atoms with Crippen LogP contribution in [0.1, 0.15) is 43.2 Å². The van der Waals surface area contributed by atoms with Crippen molar-refractivity contribution in [3.05, 3.63) is 29.3 Å². The molecule has 6 heteroatoms. The summed E-state index contributed by atoms with van der Waals surface area (Å²) in [6.45, 7) is 4.11. The molecule has 2 amide bonds. The van der Waals surface area contributed by atoms with Crippen molar-refractivity contribution < 1.29 is 9.59 Å². The number of halogens is 1. The van der Waals surface area contributed by atoms with E-state index in [1.165, 1.54) is 12.8 Å². The molecule has 2 saturated heterocycles. The average Bonchev–Trinajstić information content (AvgIpc) is 2.90. The number of aryl methyl sites for hydroxylation is 1. The minimum atomic E-state index is -0.144. The number of likely N-dealkylation sites (N-methyl/N-ethyl adjacent to an activating group) is 1. The number of amides is 2. The normalized spacial score (nSPS) is 23.9. The smallest absolute Gasteiger partial charge is 0.243 e. The van der Waals surface area contributed by atoms with Crippen LogP contribution >= 0.6 is 12.4 Å². The zero-order chi connectivity index (χ0) is 18.0. The predicted octanol–water partition coefficient (Wildman–Crippen LogP) is 3.04. The molecule has 1 aromatic carbocycles. The van der Waals surface area contributed by atoms with Gasteiger partial charge in [0.1, 0.15) is 0 Å². The predicted molar refractivity (Wildman–Crippen MR) is 107 cm³/mol. The van der Waals surface area contributed by atoms with Crippen LogP contribution in [0.15, 0.2) is 18.2 Å². The maximum atomic E-state index is 12.5. The molecule has 0 spiro atoms. The van der Waals surface area contributed by atoms with Crippen molar-refractivity contribution >= 4 is 29.9 Å². The Kier molecular flexibility index (Phi) is 7.07. The molecule has 2 unspecified atom stereocenters. The third kappa shape index (κ3) is 4.98. The maximum Gasteiger partial charge on any atom is 0.243 e. The molecule has 2 fully saturated rings. The van der Waals surface area contributed by atoms with Gasteiger partial charge in [0.15, 0.2) is 0 Å². The van der Waals surface area contributed by atoms with E-state index in [0.29, 0.717) is 24.4 Å². The van der Waals surface area contributed by atoms with E-state index >= 15 is 0 Å². The second kappa shape index (κ2) is 8.87. The lowest BCUT2D eigenvalue weighted by Gasteiger charge is -2.29. The summed E-state index contributed by atoms with van der Waals surface area (Å²) in [7, 11) is 1.72. The summed E-state index contributed by atoms with van der Waals surface area (Å²) in [5.74, 6) is 0.383. The van der Waals surface area contributed by atoms with Gasteiger partial charge in [-0.25, -0.2) is 0 Å². The molecule has 2 bridgehead atoms. The highest BCUT2D eigenvalue weighted by molar-refractivity contribution is 5.95. The highest BCUT2D eigenvalue weighted by Gasteiger charge is 2.34. The number of carbonyl (C=O) groups is 2. The van der Waals surface area contributed by atoms with Gasteiger partial charge in [-0.15, -0.1) is 12.4 Å². The van der Waals surface area contributed by atoms with Crippen LogP contribution in [0.3, 0.4) is 0 Å². The Morgan fingerprint density at radius 1 is 1.19 bits per heavy atom. The van der Waals surface area contributed by atoms with E-state index in [4.69, 9.17) is 0 Å². The fourth-order valence-corrected chi connectivity index (χ4v) is 4.12. The summed E-state index contributed by atoms with van der Waals surface area (Å²) < 4.78 is 0. The first-order chi connectivity index (χ1) is 11.9. The van der Waals surface area contributed by atoms with Gasteiger partial charge in [-0.05, 0) is 62.6 Å². The summed E-state index contributed by atoms with van der Waals surface area (Å²) in [6, 6.07) is 7.03. The first-order valence-electron chi connectivity index (χ1n) is 9.28. The van der Waals surface area contributed by atoms with E-state index in [1.54, 1.807) is 11.9 Å². The Hall–Kier alpha value is -1.59. The van der Waals surface area contributed by atoms with Gasteiger partial charge in [0.2, 0.25) is 11.8 Å².